The van der Waals surface area contributed by atoms with Gasteiger partial charge in [0.25, 0.3) is 5.69 Å². The Morgan fingerprint density at radius 1 is 1.07 bits per heavy atom. The lowest BCUT2D eigenvalue weighted by atomic mass is 10.1. The van der Waals surface area contributed by atoms with E-state index in [0.29, 0.717) is 21.1 Å². The molecule has 0 unspecified atom stereocenters. The summed E-state index contributed by atoms with van der Waals surface area (Å²) in [6.45, 7) is 0.807. The number of Topliss-reactive ketones (excluding diaryl/α,β-unsaturated/α-hetero) is 1. The first kappa shape index (κ1) is 19.7. The van der Waals surface area contributed by atoms with Gasteiger partial charge in [0.15, 0.2) is 5.78 Å². The zero-order valence-electron chi connectivity index (χ0n) is 15.4. The van der Waals surface area contributed by atoms with Gasteiger partial charge in [0, 0.05) is 17.2 Å². The number of imide groups is 2. The molecule has 1 heterocycles. The van der Waals surface area contributed by atoms with Crippen molar-refractivity contribution >= 4 is 35.0 Å². The highest BCUT2D eigenvalue weighted by Crippen LogP contribution is 2.25. The van der Waals surface area contributed by atoms with Crippen LogP contribution in [-0.4, -0.2) is 47.1 Å². The Balaban J connectivity index is 1.84. The van der Waals surface area contributed by atoms with Gasteiger partial charge >= 0.3 is 17.8 Å². The fourth-order valence-electron chi connectivity index (χ4n) is 2.82. The van der Waals surface area contributed by atoms with Crippen molar-refractivity contribution in [3.63, 3.8) is 0 Å². The zero-order valence-corrected chi connectivity index (χ0v) is 15.4. The number of benzene rings is 2. The van der Waals surface area contributed by atoms with E-state index in [9.17, 15) is 29.3 Å². The molecule has 2 aromatic rings. The van der Waals surface area contributed by atoms with Crippen molar-refractivity contribution in [2.24, 2.45) is 0 Å². The molecule has 148 valence electrons. The van der Waals surface area contributed by atoms with Gasteiger partial charge in [-0.25, -0.2) is 14.6 Å². The number of nitrogens with zero attached hydrogens (tertiary/aromatic N) is 3. The van der Waals surface area contributed by atoms with Crippen LogP contribution in [0.3, 0.4) is 0 Å². The van der Waals surface area contributed by atoms with Gasteiger partial charge in [0.1, 0.15) is 5.75 Å². The Kier molecular flexibility index (Phi) is 5.09. The van der Waals surface area contributed by atoms with Gasteiger partial charge in [0.2, 0.25) is 0 Å². The number of anilines is 1. The third-order valence-corrected chi connectivity index (χ3v) is 4.41. The lowest BCUT2D eigenvalue weighted by Gasteiger charge is -2.15. The lowest BCUT2D eigenvalue weighted by molar-refractivity contribution is -0.385. The van der Waals surface area contributed by atoms with E-state index >= 15 is 0 Å². The normalized spacial score (nSPS) is 13.8. The molecule has 2 aromatic carbocycles. The fraction of sp³-hybridized carbons (Fsp3) is 0.158. The Bertz CT molecular complexity index is 1050. The van der Waals surface area contributed by atoms with Crippen LogP contribution in [0.4, 0.5) is 16.2 Å². The third kappa shape index (κ3) is 3.55. The molecule has 1 aliphatic rings. The minimum Gasteiger partial charge on any atom is -0.497 e. The molecule has 0 atom stereocenters. The van der Waals surface area contributed by atoms with Crippen LogP contribution in [0.2, 0.25) is 0 Å². The quantitative estimate of drug-likeness (QED) is 0.240. The molecule has 0 bridgehead atoms. The van der Waals surface area contributed by atoms with Gasteiger partial charge in [-0.1, -0.05) is 12.1 Å². The van der Waals surface area contributed by atoms with E-state index in [1.54, 1.807) is 0 Å². The SMILES string of the molecule is COc1ccc(N2C(=O)C(=O)N(CC(=O)c3ccc(C)c([N+](=O)[O-])c3)C2=O)cc1. The molecule has 1 aliphatic heterocycles. The van der Waals surface area contributed by atoms with Crippen LogP contribution in [0.15, 0.2) is 42.5 Å². The predicted octanol–water partition coefficient (Wildman–Crippen LogP) is 2.09. The van der Waals surface area contributed by atoms with E-state index in [2.05, 4.69) is 0 Å². The number of urea groups is 1. The summed E-state index contributed by atoms with van der Waals surface area (Å²) in [5.41, 5.74) is 0.208. The zero-order chi connectivity index (χ0) is 21.3. The number of methoxy groups -OCH3 is 1. The fourth-order valence-corrected chi connectivity index (χ4v) is 2.82. The average Bonchev–Trinajstić information content (AvgIpc) is 2.91. The smallest absolute Gasteiger partial charge is 0.339 e. The Morgan fingerprint density at radius 2 is 1.72 bits per heavy atom. The first-order chi connectivity index (χ1) is 13.7. The van der Waals surface area contributed by atoms with Crippen LogP contribution in [0, 0.1) is 17.0 Å². The number of carbonyl (C=O) groups excluding carboxylic acids is 4. The molecule has 29 heavy (non-hydrogen) atoms. The molecule has 0 aromatic heterocycles. The van der Waals surface area contributed by atoms with Crippen molar-refractivity contribution in [1.82, 2.24) is 4.90 Å². The first-order valence-electron chi connectivity index (χ1n) is 8.36. The molecule has 0 saturated carbocycles. The maximum absolute atomic E-state index is 12.6. The molecule has 10 nitrogen and oxygen atoms in total. The van der Waals surface area contributed by atoms with E-state index < -0.39 is 35.1 Å². The molecule has 3 rings (SSSR count). The van der Waals surface area contributed by atoms with Crippen molar-refractivity contribution < 1.29 is 28.8 Å². The molecule has 1 saturated heterocycles. The van der Waals surface area contributed by atoms with Gasteiger partial charge in [-0.3, -0.25) is 24.5 Å². The topological polar surface area (TPSA) is 127 Å². The highest BCUT2D eigenvalue weighted by molar-refractivity contribution is 6.53. The summed E-state index contributed by atoms with van der Waals surface area (Å²) in [6.07, 6.45) is 0. The van der Waals surface area contributed by atoms with Crippen molar-refractivity contribution in [3.05, 3.63) is 63.7 Å². The Hall–Kier alpha value is -4.08. The van der Waals surface area contributed by atoms with Gasteiger partial charge < -0.3 is 4.74 Å². The number of amides is 4. The molecule has 0 aliphatic carbocycles. The summed E-state index contributed by atoms with van der Waals surface area (Å²) >= 11 is 0. The maximum Gasteiger partial charge on any atom is 0.339 e. The average molecular weight is 397 g/mol. The number of nitro benzene ring substituents is 1. The first-order valence-corrected chi connectivity index (χ1v) is 8.36. The van der Waals surface area contributed by atoms with Gasteiger partial charge in [-0.05, 0) is 31.2 Å². The molecule has 4 amide bonds. The van der Waals surface area contributed by atoms with Gasteiger partial charge in [-0.15, -0.1) is 0 Å². The minimum absolute atomic E-state index is 0.0433. The van der Waals surface area contributed by atoms with Crippen molar-refractivity contribution in [1.29, 1.82) is 0 Å². The standard InChI is InChI=1S/C19H15N3O7/c1-11-3-4-12(9-15(11)22(27)28)16(23)10-20-17(24)18(25)21(19(20)26)13-5-7-14(29-2)8-6-13/h3-9H,10H2,1-2H3. The summed E-state index contributed by atoms with van der Waals surface area (Å²) in [5.74, 6) is -2.46. The molecule has 1 fully saturated rings. The van der Waals surface area contributed by atoms with E-state index in [1.807, 2.05) is 0 Å². The monoisotopic (exact) mass is 397 g/mol. The second-order valence-electron chi connectivity index (χ2n) is 6.19. The molecule has 0 N–H and O–H groups in total. The Morgan fingerprint density at radius 3 is 2.31 bits per heavy atom. The van der Waals surface area contributed by atoms with E-state index in [1.165, 1.54) is 50.4 Å². The number of aryl methyl sites for hydroxylation is 1. The molecule has 0 radical (unpaired) electrons. The summed E-state index contributed by atoms with van der Waals surface area (Å²) in [5, 5.41) is 11.0. The number of hydrogen-bond acceptors (Lipinski definition) is 7. The number of hydrogen-bond donors (Lipinski definition) is 0. The van der Waals surface area contributed by atoms with Crippen LogP contribution in [-0.2, 0) is 9.59 Å². The summed E-state index contributed by atoms with van der Waals surface area (Å²) < 4.78 is 5.01. The van der Waals surface area contributed by atoms with Crippen LogP contribution in [0.5, 0.6) is 5.75 Å². The predicted molar refractivity (Wildman–Crippen MR) is 99.8 cm³/mol. The highest BCUT2D eigenvalue weighted by atomic mass is 16.6. The minimum atomic E-state index is -1.15. The number of rotatable bonds is 6. The number of ether oxygens (including phenoxy) is 1. The van der Waals surface area contributed by atoms with Crippen LogP contribution in [0.1, 0.15) is 15.9 Å². The number of carbonyl (C=O) groups is 4. The lowest BCUT2D eigenvalue weighted by Crippen LogP contribution is -2.37. The largest absolute Gasteiger partial charge is 0.497 e. The van der Waals surface area contributed by atoms with Crippen LogP contribution < -0.4 is 9.64 Å². The van der Waals surface area contributed by atoms with Crippen LogP contribution in [0.25, 0.3) is 0 Å². The molecular formula is C19H15N3O7. The second kappa shape index (κ2) is 7.50. The third-order valence-electron chi connectivity index (χ3n) is 4.41. The summed E-state index contributed by atoms with van der Waals surface area (Å²) in [7, 11) is 1.45. The van der Waals surface area contributed by atoms with E-state index in [4.69, 9.17) is 4.74 Å². The number of ketones is 1. The molecular weight excluding hydrogens is 382 g/mol. The summed E-state index contributed by atoms with van der Waals surface area (Å²) in [4.78, 5) is 61.2. The van der Waals surface area contributed by atoms with Gasteiger partial charge in [-0.2, -0.15) is 0 Å². The van der Waals surface area contributed by atoms with E-state index in [0.717, 1.165) is 6.07 Å². The van der Waals surface area contributed by atoms with Gasteiger partial charge in [0.05, 0.1) is 24.3 Å². The van der Waals surface area contributed by atoms with Crippen molar-refractivity contribution in [3.8, 4) is 5.75 Å². The van der Waals surface area contributed by atoms with Crippen LogP contribution >= 0.6 is 0 Å². The maximum atomic E-state index is 12.6. The van der Waals surface area contributed by atoms with E-state index in [-0.39, 0.29) is 16.9 Å². The Labute approximate surface area is 164 Å². The molecule has 10 heteroatoms. The van der Waals surface area contributed by atoms with Crippen molar-refractivity contribution in [2.45, 2.75) is 6.92 Å². The highest BCUT2D eigenvalue weighted by Gasteiger charge is 2.46. The van der Waals surface area contributed by atoms with Crippen molar-refractivity contribution in [2.75, 3.05) is 18.6 Å². The summed E-state index contributed by atoms with van der Waals surface area (Å²) in [6, 6.07) is 8.74. The molecule has 0 spiro atoms. The number of nitro groups is 1. The second-order valence-corrected chi connectivity index (χ2v) is 6.19.